The van der Waals surface area contributed by atoms with E-state index < -0.39 is 23.9 Å². The number of rotatable bonds is 5. The fourth-order valence-corrected chi connectivity index (χ4v) is 2.40. The number of aryl methyl sites for hydroxylation is 2. The van der Waals surface area contributed by atoms with Gasteiger partial charge in [0.15, 0.2) is 5.69 Å². The van der Waals surface area contributed by atoms with Crippen LogP contribution in [0.3, 0.4) is 0 Å². The van der Waals surface area contributed by atoms with Crippen molar-refractivity contribution in [3.05, 3.63) is 41.1 Å². The van der Waals surface area contributed by atoms with Gasteiger partial charge in [-0.15, -0.1) is 0 Å². The van der Waals surface area contributed by atoms with Crippen LogP contribution in [0.5, 0.6) is 0 Å². The molecule has 2 rings (SSSR count). The summed E-state index contributed by atoms with van der Waals surface area (Å²) in [5.41, 5.74) is -0.154. The molecule has 26 heavy (non-hydrogen) atoms. The molecule has 2 amide bonds. The van der Waals surface area contributed by atoms with Crippen LogP contribution in [0.1, 0.15) is 23.2 Å². The molecule has 10 heteroatoms. The SMILES string of the molecule is Cc1c(C(F)(F)F)nn(C)c1NC(=O)Nc1cccc(CCC(=O)O)c1. The van der Waals surface area contributed by atoms with Crippen LogP contribution in [0, 0.1) is 6.92 Å². The molecule has 0 unspecified atom stereocenters. The molecule has 0 aliphatic heterocycles. The van der Waals surface area contributed by atoms with Crippen molar-refractivity contribution in [1.82, 2.24) is 9.78 Å². The highest BCUT2D eigenvalue weighted by molar-refractivity contribution is 5.99. The van der Waals surface area contributed by atoms with Crippen LogP contribution in [-0.4, -0.2) is 26.9 Å². The van der Waals surface area contributed by atoms with Gasteiger partial charge in [0.25, 0.3) is 0 Å². The molecular weight excluding hydrogens is 353 g/mol. The molecule has 0 spiro atoms. The van der Waals surface area contributed by atoms with E-state index in [1.54, 1.807) is 24.3 Å². The second-order valence-corrected chi connectivity index (χ2v) is 5.62. The van der Waals surface area contributed by atoms with Crippen molar-refractivity contribution in [3.8, 4) is 0 Å². The number of benzene rings is 1. The average Bonchev–Trinajstić information content (AvgIpc) is 2.81. The number of carbonyl (C=O) groups excluding carboxylic acids is 1. The second kappa shape index (κ2) is 7.46. The van der Waals surface area contributed by atoms with Crippen molar-refractivity contribution in [2.75, 3.05) is 10.6 Å². The number of carboxylic acid groups (broad SMARTS) is 1. The monoisotopic (exact) mass is 370 g/mol. The Labute approximate surface area is 146 Å². The predicted octanol–water partition coefficient (Wildman–Crippen LogP) is 3.41. The Morgan fingerprint density at radius 3 is 2.54 bits per heavy atom. The zero-order valence-corrected chi connectivity index (χ0v) is 14.0. The maximum atomic E-state index is 12.9. The molecule has 1 aromatic carbocycles. The van der Waals surface area contributed by atoms with Gasteiger partial charge in [-0.25, -0.2) is 4.79 Å². The van der Waals surface area contributed by atoms with E-state index in [2.05, 4.69) is 15.7 Å². The fraction of sp³-hybridized carbons (Fsp3) is 0.312. The molecule has 0 aliphatic rings. The lowest BCUT2D eigenvalue weighted by Gasteiger charge is -2.10. The first-order valence-electron chi connectivity index (χ1n) is 7.57. The molecular formula is C16H17F3N4O3. The predicted molar refractivity (Wildman–Crippen MR) is 88.0 cm³/mol. The lowest BCUT2D eigenvalue weighted by Crippen LogP contribution is -2.21. The molecule has 140 valence electrons. The molecule has 0 saturated heterocycles. The van der Waals surface area contributed by atoms with Crippen molar-refractivity contribution in [2.24, 2.45) is 7.05 Å². The van der Waals surface area contributed by atoms with Gasteiger partial charge in [-0.05, 0) is 31.0 Å². The van der Waals surface area contributed by atoms with Gasteiger partial charge < -0.3 is 10.4 Å². The number of carboxylic acids is 1. The Balaban J connectivity index is 2.09. The lowest BCUT2D eigenvalue weighted by molar-refractivity contribution is -0.142. The van der Waals surface area contributed by atoms with E-state index in [4.69, 9.17) is 5.11 Å². The van der Waals surface area contributed by atoms with E-state index >= 15 is 0 Å². The zero-order chi connectivity index (χ0) is 19.5. The van der Waals surface area contributed by atoms with Crippen LogP contribution in [0.15, 0.2) is 24.3 Å². The Morgan fingerprint density at radius 1 is 1.27 bits per heavy atom. The summed E-state index contributed by atoms with van der Waals surface area (Å²) in [7, 11) is 1.30. The van der Waals surface area contributed by atoms with E-state index in [1.807, 2.05) is 0 Å². The van der Waals surface area contributed by atoms with Crippen LogP contribution in [0.4, 0.5) is 29.5 Å². The third-order valence-corrected chi connectivity index (χ3v) is 3.60. The van der Waals surface area contributed by atoms with Crippen LogP contribution in [-0.2, 0) is 24.4 Å². The summed E-state index contributed by atoms with van der Waals surface area (Å²) in [6.45, 7) is 1.22. The number of hydrogen-bond donors (Lipinski definition) is 3. The molecule has 0 fully saturated rings. The number of aliphatic carboxylic acids is 1. The first-order valence-corrected chi connectivity index (χ1v) is 7.57. The second-order valence-electron chi connectivity index (χ2n) is 5.62. The Morgan fingerprint density at radius 2 is 1.96 bits per heavy atom. The van der Waals surface area contributed by atoms with Crippen molar-refractivity contribution in [3.63, 3.8) is 0 Å². The maximum absolute atomic E-state index is 12.9. The number of anilines is 2. The van der Waals surface area contributed by atoms with Crippen LogP contribution < -0.4 is 10.6 Å². The smallest absolute Gasteiger partial charge is 0.435 e. The summed E-state index contributed by atoms with van der Waals surface area (Å²) in [5, 5.41) is 16.9. The quantitative estimate of drug-likeness (QED) is 0.751. The maximum Gasteiger partial charge on any atom is 0.435 e. The van der Waals surface area contributed by atoms with Crippen molar-refractivity contribution in [1.29, 1.82) is 0 Å². The largest absolute Gasteiger partial charge is 0.481 e. The fourth-order valence-electron chi connectivity index (χ4n) is 2.40. The van der Waals surface area contributed by atoms with Gasteiger partial charge in [0, 0.05) is 24.7 Å². The van der Waals surface area contributed by atoms with Crippen molar-refractivity contribution < 1.29 is 27.9 Å². The number of carbonyl (C=O) groups is 2. The summed E-state index contributed by atoms with van der Waals surface area (Å²) in [5.74, 6) is -1.01. The zero-order valence-electron chi connectivity index (χ0n) is 14.0. The number of hydrogen-bond acceptors (Lipinski definition) is 3. The van der Waals surface area contributed by atoms with Crippen molar-refractivity contribution in [2.45, 2.75) is 25.9 Å². The van der Waals surface area contributed by atoms with Crippen LogP contribution in [0.2, 0.25) is 0 Å². The molecule has 0 radical (unpaired) electrons. The standard InChI is InChI=1S/C16H17F3N4O3/c1-9-13(16(17,18)19)22-23(2)14(9)21-15(26)20-11-5-3-4-10(8-11)6-7-12(24)25/h3-5,8H,6-7H2,1-2H3,(H,24,25)(H2,20,21,26). The first-order chi connectivity index (χ1) is 12.1. The lowest BCUT2D eigenvalue weighted by atomic mass is 10.1. The third kappa shape index (κ3) is 4.74. The van der Waals surface area contributed by atoms with Gasteiger partial charge in [0.05, 0.1) is 0 Å². The molecule has 0 bridgehead atoms. The van der Waals surface area contributed by atoms with Gasteiger partial charge in [0.1, 0.15) is 5.82 Å². The minimum absolute atomic E-state index is 0.0515. The first kappa shape index (κ1) is 19.3. The highest BCUT2D eigenvalue weighted by Crippen LogP contribution is 2.33. The van der Waals surface area contributed by atoms with Crippen molar-refractivity contribution >= 4 is 23.5 Å². The molecule has 0 atom stereocenters. The van der Waals surface area contributed by atoms with E-state index in [9.17, 15) is 22.8 Å². The number of nitrogens with one attached hydrogen (secondary N) is 2. The molecule has 2 aromatic rings. The summed E-state index contributed by atoms with van der Waals surface area (Å²) >= 11 is 0. The van der Waals surface area contributed by atoms with Gasteiger partial charge >= 0.3 is 18.2 Å². The molecule has 1 aromatic heterocycles. The van der Waals surface area contributed by atoms with Gasteiger partial charge in [-0.2, -0.15) is 18.3 Å². The molecule has 0 aliphatic carbocycles. The Kier molecular flexibility index (Phi) is 5.53. The highest BCUT2D eigenvalue weighted by atomic mass is 19.4. The molecule has 3 N–H and O–H groups in total. The summed E-state index contributed by atoms with van der Waals surface area (Å²) in [6.07, 6.45) is -4.37. The minimum Gasteiger partial charge on any atom is -0.481 e. The molecule has 1 heterocycles. The molecule has 7 nitrogen and oxygen atoms in total. The normalized spacial score (nSPS) is 11.3. The average molecular weight is 370 g/mol. The summed E-state index contributed by atoms with van der Waals surface area (Å²) in [4.78, 5) is 22.7. The van der Waals surface area contributed by atoms with Crippen LogP contribution >= 0.6 is 0 Å². The molecule has 0 saturated carbocycles. The van der Waals surface area contributed by atoms with Gasteiger partial charge in [0.2, 0.25) is 0 Å². The van der Waals surface area contributed by atoms with E-state index in [1.165, 1.54) is 14.0 Å². The Bertz CT molecular complexity index is 831. The van der Waals surface area contributed by atoms with Gasteiger partial charge in [-0.3, -0.25) is 14.8 Å². The summed E-state index contributed by atoms with van der Waals surface area (Å²) in [6, 6.07) is 5.80. The van der Waals surface area contributed by atoms with Crippen LogP contribution in [0.25, 0.3) is 0 Å². The third-order valence-electron chi connectivity index (χ3n) is 3.60. The topological polar surface area (TPSA) is 96.3 Å². The number of amides is 2. The number of nitrogens with zero attached hydrogens (tertiary/aromatic N) is 2. The number of aromatic nitrogens is 2. The number of alkyl halides is 3. The van der Waals surface area contributed by atoms with E-state index in [0.29, 0.717) is 17.7 Å². The number of halogens is 3. The summed E-state index contributed by atoms with van der Waals surface area (Å²) < 4.78 is 39.5. The Hall–Kier alpha value is -3.04. The highest BCUT2D eigenvalue weighted by Gasteiger charge is 2.37. The van der Waals surface area contributed by atoms with E-state index in [-0.39, 0.29) is 17.8 Å². The van der Waals surface area contributed by atoms with E-state index in [0.717, 1.165) is 4.68 Å². The minimum atomic E-state index is -4.61. The number of urea groups is 1. The van der Waals surface area contributed by atoms with Gasteiger partial charge in [-0.1, -0.05) is 12.1 Å².